The highest BCUT2D eigenvalue weighted by Crippen LogP contribution is 2.28. The number of likely N-dealkylation sites (N-methyl/N-ethyl adjacent to an activating group) is 1. The Balaban J connectivity index is 2.04. The molecular weight excluding hydrogens is 242 g/mol. The summed E-state index contributed by atoms with van der Waals surface area (Å²) in [6.45, 7) is 6.27. The maximum atomic E-state index is 9.70. The predicted molar refractivity (Wildman–Crippen MR) is 74.6 cm³/mol. The van der Waals surface area contributed by atoms with E-state index in [1.54, 1.807) is 6.07 Å². The molecule has 4 nitrogen and oxygen atoms in total. The van der Waals surface area contributed by atoms with Crippen molar-refractivity contribution in [1.82, 2.24) is 4.90 Å². The number of phenols is 1. The average molecular weight is 265 g/mol. The second kappa shape index (κ2) is 6.26. The molecule has 2 unspecified atom stereocenters. The summed E-state index contributed by atoms with van der Waals surface area (Å²) in [7, 11) is 2.11. The van der Waals surface area contributed by atoms with Crippen molar-refractivity contribution in [2.24, 2.45) is 0 Å². The van der Waals surface area contributed by atoms with E-state index in [1.165, 1.54) is 0 Å². The largest absolute Gasteiger partial charge is 0.504 e. The van der Waals surface area contributed by atoms with E-state index in [1.807, 2.05) is 19.1 Å². The van der Waals surface area contributed by atoms with Gasteiger partial charge in [-0.1, -0.05) is 6.07 Å². The molecule has 4 heteroatoms. The molecule has 1 fully saturated rings. The van der Waals surface area contributed by atoms with Crippen LogP contribution in [0.5, 0.6) is 11.5 Å². The van der Waals surface area contributed by atoms with Gasteiger partial charge in [-0.25, -0.2) is 0 Å². The topological polar surface area (TPSA) is 41.9 Å². The lowest BCUT2D eigenvalue weighted by atomic mass is 10.1. The Labute approximate surface area is 114 Å². The van der Waals surface area contributed by atoms with Gasteiger partial charge in [-0.2, -0.15) is 0 Å². The van der Waals surface area contributed by atoms with Crippen LogP contribution in [0.4, 0.5) is 0 Å². The van der Waals surface area contributed by atoms with Crippen molar-refractivity contribution in [3.8, 4) is 11.5 Å². The Morgan fingerprint density at radius 2 is 2.26 bits per heavy atom. The van der Waals surface area contributed by atoms with Gasteiger partial charge >= 0.3 is 0 Å². The summed E-state index contributed by atoms with van der Waals surface area (Å²) in [5.74, 6) is 0.759. The Bertz CT molecular complexity index is 422. The molecule has 0 saturated carbocycles. The quantitative estimate of drug-likeness (QED) is 0.887. The molecule has 0 aliphatic carbocycles. The third-order valence-corrected chi connectivity index (χ3v) is 3.66. The molecule has 1 N–H and O–H groups in total. The van der Waals surface area contributed by atoms with Crippen LogP contribution >= 0.6 is 0 Å². The number of nitrogens with zero attached hydrogens (tertiary/aromatic N) is 1. The zero-order valence-electron chi connectivity index (χ0n) is 11.9. The molecule has 19 heavy (non-hydrogen) atoms. The van der Waals surface area contributed by atoms with E-state index in [4.69, 9.17) is 9.47 Å². The number of ether oxygens (including phenoxy) is 2. The minimum Gasteiger partial charge on any atom is -0.504 e. The highest BCUT2D eigenvalue weighted by Gasteiger charge is 2.27. The smallest absolute Gasteiger partial charge is 0.161 e. The molecular formula is C15H23NO3. The van der Waals surface area contributed by atoms with E-state index >= 15 is 0 Å². The maximum Gasteiger partial charge on any atom is 0.161 e. The molecule has 0 bridgehead atoms. The summed E-state index contributed by atoms with van der Waals surface area (Å²) < 4.78 is 11.0. The Hall–Kier alpha value is -1.26. The third kappa shape index (κ3) is 3.39. The molecule has 0 aromatic heterocycles. The van der Waals surface area contributed by atoms with Crippen molar-refractivity contribution in [2.45, 2.75) is 39.0 Å². The van der Waals surface area contributed by atoms with Crippen molar-refractivity contribution in [3.05, 3.63) is 23.8 Å². The van der Waals surface area contributed by atoms with Gasteiger partial charge in [-0.05, 0) is 45.0 Å². The van der Waals surface area contributed by atoms with Crippen LogP contribution in [0.1, 0.15) is 25.8 Å². The summed E-state index contributed by atoms with van der Waals surface area (Å²) in [4.78, 5) is 2.31. The highest BCUT2D eigenvalue weighted by molar-refractivity contribution is 5.41. The minimum absolute atomic E-state index is 0.200. The van der Waals surface area contributed by atoms with E-state index in [0.717, 1.165) is 25.1 Å². The molecule has 0 radical (unpaired) electrons. The minimum atomic E-state index is 0.200. The molecule has 2 atom stereocenters. The van der Waals surface area contributed by atoms with E-state index < -0.39 is 0 Å². The summed E-state index contributed by atoms with van der Waals surface area (Å²) >= 11 is 0. The number of aromatic hydroxyl groups is 1. The lowest BCUT2D eigenvalue weighted by Crippen LogP contribution is -2.36. The Kier molecular flexibility index (Phi) is 4.66. The monoisotopic (exact) mass is 265 g/mol. The first-order chi connectivity index (χ1) is 9.11. The molecule has 1 saturated heterocycles. The van der Waals surface area contributed by atoms with Crippen molar-refractivity contribution in [3.63, 3.8) is 0 Å². The van der Waals surface area contributed by atoms with Crippen LogP contribution < -0.4 is 4.74 Å². The fourth-order valence-electron chi connectivity index (χ4n) is 2.63. The molecule has 0 amide bonds. The molecule has 2 rings (SSSR count). The van der Waals surface area contributed by atoms with E-state index in [2.05, 4.69) is 18.9 Å². The molecule has 1 aliphatic heterocycles. The number of hydrogen-bond acceptors (Lipinski definition) is 4. The van der Waals surface area contributed by atoms with Crippen LogP contribution in [0.2, 0.25) is 0 Å². The van der Waals surface area contributed by atoms with Gasteiger partial charge in [0.1, 0.15) is 0 Å². The van der Waals surface area contributed by atoms with Gasteiger partial charge in [0.25, 0.3) is 0 Å². The highest BCUT2D eigenvalue weighted by atomic mass is 16.5. The van der Waals surface area contributed by atoms with Crippen LogP contribution in [-0.4, -0.2) is 42.4 Å². The summed E-state index contributed by atoms with van der Waals surface area (Å²) in [5, 5.41) is 9.70. The summed E-state index contributed by atoms with van der Waals surface area (Å²) in [6, 6.07) is 6.01. The first kappa shape index (κ1) is 14.2. The van der Waals surface area contributed by atoms with Gasteiger partial charge < -0.3 is 14.6 Å². The van der Waals surface area contributed by atoms with Crippen molar-refractivity contribution < 1.29 is 14.6 Å². The standard InChI is InChI=1S/C15H23NO3/c1-4-18-15-9-12(5-6-14(15)17)10-16(3)13-7-8-19-11(13)2/h5-6,9,11,13,17H,4,7-8,10H2,1-3H3. The number of phenolic OH excluding ortho intramolecular Hbond substituents is 1. The second-order valence-electron chi connectivity index (χ2n) is 5.08. The molecule has 1 heterocycles. The van der Waals surface area contributed by atoms with Crippen LogP contribution in [0.25, 0.3) is 0 Å². The van der Waals surface area contributed by atoms with Crippen LogP contribution in [0.3, 0.4) is 0 Å². The fourth-order valence-corrected chi connectivity index (χ4v) is 2.63. The zero-order chi connectivity index (χ0) is 13.8. The lowest BCUT2D eigenvalue weighted by Gasteiger charge is -2.26. The molecule has 1 aromatic rings. The van der Waals surface area contributed by atoms with E-state index in [0.29, 0.717) is 18.4 Å². The van der Waals surface area contributed by atoms with Gasteiger partial charge in [0.05, 0.1) is 12.7 Å². The normalized spacial score (nSPS) is 22.9. The van der Waals surface area contributed by atoms with Gasteiger partial charge in [-0.15, -0.1) is 0 Å². The van der Waals surface area contributed by atoms with Crippen LogP contribution in [0, 0.1) is 0 Å². The second-order valence-corrected chi connectivity index (χ2v) is 5.08. The molecule has 106 valence electrons. The lowest BCUT2D eigenvalue weighted by molar-refractivity contribution is 0.0814. The van der Waals surface area contributed by atoms with Gasteiger partial charge in [0, 0.05) is 19.2 Å². The average Bonchev–Trinajstić information content (AvgIpc) is 2.80. The fraction of sp³-hybridized carbons (Fsp3) is 0.600. The van der Waals surface area contributed by atoms with Crippen molar-refractivity contribution in [1.29, 1.82) is 0 Å². The van der Waals surface area contributed by atoms with E-state index in [9.17, 15) is 5.11 Å². The molecule has 1 aromatic carbocycles. The number of benzene rings is 1. The van der Waals surface area contributed by atoms with Crippen LogP contribution in [0.15, 0.2) is 18.2 Å². The number of rotatable bonds is 5. The van der Waals surface area contributed by atoms with E-state index in [-0.39, 0.29) is 11.9 Å². The van der Waals surface area contributed by atoms with Gasteiger partial charge in [0.2, 0.25) is 0 Å². The predicted octanol–water partition coefficient (Wildman–Crippen LogP) is 2.40. The molecule has 0 spiro atoms. The number of hydrogen-bond donors (Lipinski definition) is 1. The van der Waals surface area contributed by atoms with Crippen molar-refractivity contribution >= 4 is 0 Å². The molecule has 1 aliphatic rings. The van der Waals surface area contributed by atoms with Crippen LogP contribution in [-0.2, 0) is 11.3 Å². The Morgan fingerprint density at radius 1 is 1.47 bits per heavy atom. The first-order valence-electron chi connectivity index (χ1n) is 6.88. The zero-order valence-corrected chi connectivity index (χ0v) is 11.9. The van der Waals surface area contributed by atoms with Crippen molar-refractivity contribution in [2.75, 3.05) is 20.3 Å². The van der Waals surface area contributed by atoms with Gasteiger partial charge in [-0.3, -0.25) is 4.90 Å². The van der Waals surface area contributed by atoms with Gasteiger partial charge in [0.15, 0.2) is 11.5 Å². The first-order valence-corrected chi connectivity index (χ1v) is 6.88. The SMILES string of the molecule is CCOc1cc(CN(C)C2CCOC2C)ccc1O. The summed E-state index contributed by atoms with van der Waals surface area (Å²) in [6.07, 6.45) is 1.36. The summed E-state index contributed by atoms with van der Waals surface area (Å²) in [5.41, 5.74) is 1.14. The third-order valence-electron chi connectivity index (χ3n) is 3.66. The maximum absolute atomic E-state index is 9.70. The Morgan fingerprint density at radius 3 is 2.89 bits per heavy atom.